The van der Waals surface area contributed by atoms with Gasteiger partial charge in [-0.15, -0.1) is 0 Å². The SMILES string of the molecule is c1ccc(C2(c3ccccc3)c3ccccc3-c3c(-c4ccccc4N(c4ccc5c(c4)-c4ccccc4C54c5ccccc5Oc5ccccc54)c4ccc5c(c4)C4(c6ccccc6Oc6ccccc64)c4ccccc4-5)cccc32)cc1. The summed E-state index contributed by atoms with van der Waals surface area (Å²) >= 11 is 0. The molecule has 2 aliphatic heterocycles. The highest BCUT2D eigenvalue weighted by atomic mass is 16.5. The van der Waals surface area contributed by atoms with Crippen LogP contribution in [0.4, 0.5) is 17.1 Å². The quantitative estimate of drug-likeness (QED) is 0.166. The van der Waals surface area contributed by atoms with Gasteiger partial charge in [0.15, 0.2) is 0 Å². The van der Waals surface area contributed by atoms with Crippen LogP contribution in [0.5, 0.6) is 23.0 Å². The van der Waals surface area contributed by atoms with Crippen LogP contribution in [0, 0.1) is 0 Å². The fraction of sp³-hybridized carbons (Fsp3) is 0.0370. The second kappa shape index (κ2) is 17.6. The van der Waals surface area contributed by atoms with Crippen molar-refractivity contribution < 1.29 is 9.47 Å². The predicted octanol–water partition coefficient (Wildman–Crippen LogP) is 20.1. The van der Waals surface area contributed by atoms with Crippen LogP contribution in [-0.4, -0.2) is 0 Å². The van der Waals surface area contributed by atoms with Gasteiger partial charge in [-0.25, -0.2) is 0 Å². The second-order valence-corrected chi connectivity index (χ2v) is 22.8. The van der Waals surface area contributed by atoms with Crippen molar-refractivity contribution in [2.45, 2.75) is 16.2 Å². The maximum absolute atomic E-state index is 6.85. The van der Waals surface area contributed by atoms with Crippen molar-refractivity contribution in [1.29, 1.82) is 0 Å². The molecule has 0 radical (unpaired) electrons. The summed E-state index contributed by atoms with van der Waals surface area (Å²) in [4.78, 5) is 2.55. The van der Waals surface area contributed by atoms with E-state index in [0.29, 0.717) is 0 Å². The Morgan fingerprint density at radius 3 is 1.14 bits per heavy atom. The normalized spacial score (nSPS) is 14.7. The smallest absolute Gasteiger partial charge is 0.132 e. The van der Waals surface area contributed by atoms with Crippen molar-refractivity contribution in [2.24, 2.45) is 0 Å². The number of anilines is 3. The first-order valence-electron chi connectivity index (χ1n) is 29.1. The summed E-state index contributed by atoms with van der Waals surface area (Å²) in [5.41, 5.74) is 25.5. The zero-order valence-electron chi connectivity index (χ0n) is 45.7. The molecule has 0 amide bonds. The van der Waals surface area contributed by atoms with Crippen LogP contribution in [-0.2, 0) is 16.2 Å². The number of rotatable bonds is 6. The second-order valence-electron chi connectivity index (χ2n) is 22.8. The number of hydrogen-bond donors (Lipinski definition) is 0. The van der Waals surface area contributed by atoms with Gasteiger partial charge in [-0.3, -0.25) is 0 Å². The van der Waals surface area contributed by atoms with Gasteiger partial charge in [-0.05, 0) is 138 Å². The number of ether oxygens (including phenoxy) is 2. The fourth-order valence-corrected chi connectivity index (χ4v) is 16.0. The largest absolute Gasteiger partial charge is 0.457 e. The van der Waals surface area contributed by atoms with E-state index in [4.69, 9.17) is 9.47 Å². The van der Waals surface area contributed by atoms with Crippen LogP contribution in [0.1, 0.15) is 66.8 Å². The molecule has 0 unspecified atom stereocenters. The Kier molecular flexibility index (Phi) is 9.86. The number of hydrogen-bond acceptors (Lipinski definition) is 3. The van der Waals surface area contributed by atoms with Crippen LogP contribution in [0.15, 0.2) is 309 Å². The molecule has 0 atom stereocenters. The highest BCUT2D eigenvalue weighted by Crippen LogP contribution is 2.66. The van der Waals surface area contributed by atoms with Crippen LogP contribution in [0.25, 0.3) is 44.5 Å². The Balaban J connectivity index is 0.926. The van der Waals surface area contributed by atoms with E-state index in [0.717, 1.165) is 67.9 Å². The maximum Gasteiger partial charge on any atom is 0.132 e. The minimum absolute atomic E-state index is 0.566. The lowest BCUT2D eigenvalue weighted by Crippen LogP contribution is -2.32. The molecule has 2 spiro atoms. The average Bonchev–Trinajstić information content (AvgIpc) is 1.73. The number of fused-ring (bicyclic) bond motifs is 21. The topological polar surface area (TPSA) is 21.7 Å². The average molecular weight is 1070 g/mol. The monoisotopic (exact) mass is 1070 g/mol. The van der Waals surface area contributed by atoms with E-state index in [1.165, 1.54) is 83.5 Å². The Morgan fingerprint density at radius 2 is 0.583 bits per heavy atom. The van der Waals surface area contributed by atoms with Crippen LogP contribution in [0.2, 0.25) is 0 Å². The third-order valence-electron chi connectivity index (χ3n) is 19.1. The zero-order chi connectivity index (χ0) is 55.1. The number of nitrogens with zero attached hydrogens (tertiary/aromatic N) is 1. The molecule has 3 heteroatoms. The Bertz CT molecular complexity index is 4750. The van der Waals surface area contributed by atoms with Crippen LogP contribution in [0.3, 0.4) is 0 Å². The third kappa shape index (κ3) is 6.04. The van der Waals surface area contributed by atoms with E-state index in [2.05, 4.69) is 314 Å². The molecule has 3 nitrogen and oxygen atoms in total. The van der Waals surface area contributed by atoms with Crippen molar-refractivity contribution >= 4 is 17.1 Å². The number of benzene rings is 13. The molecule has 5 aliphatic rings. The summed E-state index contributed by atoms with van der Waals surface area (Å²) in [5.74, 6) is 3.50. The van der Waals surface area contributed by atoms with Gasteiger partial charge in [0.1, 0.15) is 23.0 Å². The van der Waals surface area contributed by atoms with Gasteiger partial charge in [-0.1, -0.05) is 255 Å². The summed E-state index contributed by atoms with van der Waals surface area (Å²) < 4.78 is 13.6. The van der Waals surface area contributed by atoms with Crippen molar-refractivity contribution in [3.05, 3.63) is 376 Å². The van der Waals surface area contributed by atoms with Crippen molar-refractivity contribution in [1.82, 2.24) is 0 Å². The molecule has 0 bridgehead atoms. The first-order valence-corrected chi connectivity index (χ1v) is 29.1. The molecule has 13 aromatic carbocycles. The van der Waals surface area contributed by atoms with Crippen LogP contribution < -0.4 is 14.4 Å². The predicted molar refractivity (Wildman–Crippen MR) is 339 cm³/mol. The Labute approximate surface area is 488 Å². The molecular formula is C81H51NO2. The lowest BCUT2D eigenvalue weighted by molar-refractivity contribution is 0.436. The van der Waals surface area contributed by atoms with E-state index >= 15 is 0 Å². The summed E-state index contributed by atoms with van der Waals surface area (Å²) in [6.07, 6.45) is 0. The first kappa shape index (κ1) is 47.0. The maximum atomic E-state index is 6.85. The van der Waals surface area contributed by atoms with Gasteiger partial charge < -0.3 is 14.4 Å². The molecule has 2 heterocycles. The van der Waals surface area contributed by atoms with Crippen molar-refractivity contribution in [3.8, 4) is 67.5 Å². The Morgan fingerprint density at radius 1 is 0.214 bits per heavy atom. The van der Waals surface area contributed by atoms with E-state index in [-0.39, 0.29) is 0 Å². The van der Waals surface area contributed by atoms with Gasteiger partial charge in [0.05, 0.1) is 21.9 Å². The third-order valence-corrected chi connectivity index (χ3v) is 19.1. The molecule has 3 aliphatic carbocycles. The van der Waals surface area contributed by atoms with E-state index in [9.17, 15) is 0 Å². The van der Waals surface area contributed by atoms with Gasteiger partial charge in [0.2, 0.25) is 0 Å². The Hall–Kier alpha value is -10.7. The van der Waals surface area contributed by atoms with Gasteiger partial charge in [-0.2, -0.15) is 0 Å². The highest BCUT2D eigenvalue weighted by molar-refractivity contribution is 6.01. The van der Waals surface area contributed by atoms with E-state index in [1.54, 1.807) is 0 Å². The molecule has 18 rings (SSSR count). The van der Waals surface area contributed by atoms with Crippen LogP contribution >= 0.6 is 0 Å². The molecule has 0 fully saturated rings. The molecule has 84 heavy (non-hydrogen) atoms. The minimum Gasteiger partial charge on any atom is -0.457 e. The zero-order valence-corrected chi connectivity index (χ0v) is 45.7. The summed E-state index contributed by atoms with van der Waals surface area (Å²) in [7, 11) is 0. The van der Waals surface area contributed by atoms with E-state index < -0.39 is 16.2 Å². The molecule has 0 saturated heterocycles. The lowest BCUT2D eigenvalue weighted by Gasteiger charge is -2.40. The van der Waals surface area contributed by atoms with Gasteiger partial charge in [0.25, 0.3) is 0 Å². The van der Waals surface area contributed by atoms with Gasteiger partial charge in [0, 0.05) is 39.2 Å². The summed E-state index contributed by atoms with van der Waals surface area (Å²) in [5, 5.41) is 0. The summed E-state index contributed by atoms with van der Waals surface area (Å²) in [6, 6.07) is 115. The molecule has 13 aromatic rings. The van der Waals surface area contributed by atoms with Crippen molar-refractivity contribution in [2.75, 3.05) is 4.90 Å². The minimum atomic E-state index is -0.673. The standard InChI is InChI=1S/C81H51NO2/c1-3-24-52(25-4-1)79(53-26-5-2-6-27-53)65-35-13-9-31-61(65)78-60(32-23-40-71(78)79)59-30-10-18-41-73(59)82(54-47-49-66-62(50-54)57-29-8-12-34-64(57)80(66)67-36-14-19-42-74(67)83-75-43-20-15-37-68(75)80)55-46-48-58-56-28-7-11-33-63(56)81(72(58)51-55)69-38-16-21-44-76(69)84-77-45-22-17-39-70(77)81/h1-51H. The molecule has 0 saturated carbocycles. The van der Waals surface area contributed by atoms with Gasteiger partial charge >= 0.3 is 0 Å². The molecule has 0 N–H and O–H groups in total. The van der Waals surface area contributed by atoms with E-state index in [1.807, 2.05) is 0 Å². The fourth-order valence-electron chi connectivity index (χ4n) is 16.0. The lowest BCUT2D eigenvalue weighted by atomic mass is 9.66. The van der Waals surface area contributed by atoms with Crippen molar-refractivity contribution in [3.63, 3.8) is 0 Å². The molecule has 0 aromatic heterocycles. The molecule has 392 valence electrons. The first-order chi connectivity index (χ1) is 41.7. The number of para-hydroxylation sites is 5. The highest BCUT2D eigenvalue weighted by Gasteiger charge is 2.54. The molecular weight excluding hydrogens is 1020 g/mol. The summed E-state index contributed by atoms with van der Waals surface area (Å²) in [6.45, 7) is 0.